The molecule has 0 saturated carbocycles. The van der Waals surface area contributed by atoms with E-state index in [1.807, 2.05) is 19.1 Å². The monoisotopic (exact) mass is 278 g/mol. The van der Waals surface area contributed by atoms with Crippen molar-refractivity contribution in [3.8, 4) is 6.07 Å². The van der Waals surface area contributed by atoms with E-state index in [1.54, 1.807) is 12.4 Å². The van der Waals surface area contributed by atoms with Gasteiger partial charge in [0.25, 0.3) is 0 Å². The Hall–Kier alpha value is -2.25. The Morgan fingerprint density at radius 1 is 1.33 bits per heavy atom. The first-order valence-electron chi connectivity index (χ1n) is 7.25. The zero-order valence-corrected chi connectivity index (χ0v) is 12.3. The van der Waals surface area contributed by atoms with E-state index in [0.29, 0.717) is 6.04 Å². The molecule has 21 heavy (non-hydrogen) atoms. The van der Waals surface area contributed by atoms with Gasteiger partial charge in [-0.25, -0.2) is 0 Å². The van der Waals surface area contributed by atoms with Gasteiger partial charge in [-0.1, -0.05) is 6.07 Å². The maximum atomic E-state index is 8.98. The molecule has 2 unspecified atom stereocenters. The highest BCUT2D eigenvalue weighted by Crippen LogP contribution is 2.33. The van der Waals surface area contributed by atoms with Gasteiger partial charge in [-0.3, -0.25) is 9.97 Å². The van der Waals surface area contributed by atoms with E-state index in [4.69, 9.17) is 5.26 Å². The Labute approximate surface area is 124 Å². The summed E-state index contributed by atoms with van der Waals surface area (Å²) >= 11 is 0. The molecule has 0 spiro atoms. The first-order valence-corrected chi connectivity index (χ1v) is 7.25. The number of hydrogen-bond donors (Lipinski definition) is 1. The van der Waals surface area contributed by atoms with Crippen molar-refractivity contribution in [2.24, 2.45) is 0 Å². The molecule has 0 saturated heterocycles. The molecule has 1 heterocycles. The van der Waals surface area contributed by atoms with Gasteiger partial charge in [-0.15, -0.1) is 0 Å². The maximum Gasteiger partial charge on any atom is 0.0991 e. The Morgan fingerprint density at radius 3 is 2.90 bits per heavy atom. The van der Waals surface area contributed by atoms with Crippen molar-refractivity contribution in [3.05, 3.63) is 58.7 Å². The highest BCUT2D eigenvalue weighted by Gasteiger charge is 2.25. The number of fused-ring (bicyclic) bond motifs is 1. The number of rotatable bonds is 3. The van der Waals surface area contributed by atoms with Gasteiger partial charge in [-0.05, 0) is 49.9 Å². The van der Waals surface area contributed by atoms with Crippen LogP contribution >= 0.6 is 0 Å². The average Bonchev–Trinajstić information content (AvgIpc) is 2.89. The molecule has 0 aliphatic heterocycles. The van der Waals surface area contributed by atoms with Gasteiger partial charge in [0.1, 0.15) is 0 Å². The largest absolute Gasteiger partial charge is 0.302 e. The van der Waals surface area contributed by atoms with Gasteiger partial charge in [0.15, 0.2) is 0 Å². The molecule has 1 aliphatic rings. The van der Waals surface area contributed by atoms with Crippen LogP contribution in [0.25, 0.3) is 0 Å². The normalized spacial score (nSPS) is 18.0. The van der Waals surface area contributed by atoms with Crippen LogP contribution in [0.5, 0.6) is 0 Å². The minimum atomic E-state index is 0.158. The van der Waals surface area contributed by atoms with Crippen LogP contribution in [0.2, 0.25) is 0 Å². The molecule has 0 radical (unpaired) electrons. The number of nitrogens with one attached hydrogen (secondary N) is 1. The van der Waals surface area contributed by atoms with Crippen LogP contribution < -0.4 is 5.32 Å². The average molecular weight is 278 g/mol. The predicted molar refractivity (Wildman–Crippen MR) is 80.5 cm³/mol. The zero-order valence-electron chi connectivity index (χ0n) is 12.3. The molecule has 0 bridgehead atoms. The summed E-state index contributed by atoms with van der Waals surface area (Å²) in [7, 11) is 0. The van der Waals surface area contributed by atoms with E-state index in [9.17, 15) is 0 Å². The highest BCUT2D eigenvalue weighted by atomic mass is 15.0. The second-order valence-corrected chi connectivity index (χ2v) is 5.53. The third-order valence-electron chi connectivity index (χ3n) is 4.13. The Morgan fingerprint density at radius 2 is 2.14 bits per heavy atom. The topological polar surface area (TPSA) is 61.6 Å². The summed E-state index contributed by atoms with van der Waals surface area (Å²) in [6, 6.07) is 8.68. The van der Waals surface area contributed by atoms with Crippen molar-refractivity contribution in [3.63, 3.8) is 0 Å². The lowest BCUT2D eigenvalue weighted by Crippen LogP contribution is -2.24. The molecule has 1 aliphatic carbocycles. The Balaban J connectivity index is 1.80. The second kappa shape index (κ2) is 5.63. The van der Waals surface area contributed by atoms with Crippen molar-refractivity contribution < 1.29 is 0 Å². The molecule has 0 amide bonds. The van der Waals surface area contributed by atoms with Gasteiger partial charge in [0.2, 0.25) is 0 Å². The molecule has 0 fully saturated rings. The molecule has 2 aromatic rings. The maximum absolute atomic E-state index is 8.98. The summed E-state index contributed by atoms with van der Waals surface area (Å²) in [4.78, 5) is 8.74. The number of aryl methyl sites for hydroxylation is 2. The lowest BCUT2D eigenvalue weighted by molar-refractivity contribution is 0.455. The lowest BCUT2D eigenvalue weighted by atomic mass is 10.0. The van der Waals surface area contributed by atoms with Crippen LogP contribution in [0.15, 0.2) is 30.6 Å². The molecule has 106 valence electrons. The number of benzene rings is 1. The quantitative estimate of drug-likeness (QED) is 0.937. The fourth-order valence-electron chi connectivity index (χ4n) is 3.08. The van der Waals surface area contributed by atoms with E-state index in [1.165, 1.54) is 11.1 Å². The summed E-state index contributed by atoms with van der Waals surface area (Å²) in [5.74, 6) is 0. The van der Waals surface area contributed by atoms with Crippen LogP contribution in [0.3, 0.4) is 0 Å². The van der Waals surface area contributed by atoms with Gasteiger partial charge in [0.05, 0.1) is 23.0 Å². The lowest BCUT2D eigenvalue weighted by Gasteiger charge is -2.21. The minimum Gasteiger partial charge on any atom is -0.302 e. The third kappa shape index (κ3) is 2.65. The molecule has 4 nitrogen and oxygen atoms in total. The molecule has 4 heteroatoms. The molecular weight excluding hydrogens is 260 g/mol. The third-order valence-corrected chi connectivity index (χ3v) is 4.13. The zero-order chi connectivity index (χ0) is 14.8. The summed E-state index contributed by atoms with van der Waals surface area (Å²) in [6.07, 6.45) is 5.55. The van der Waals surface area contributed by atoms with Gasteiger partial charge in [0, 0.05) is 24.5 Å². The first kappa shape index (κ1) is 13.7. The van der Waals surface area contributed by atoms with E-state index in [0.717, 1.165) is 29.8 Å². The summed E-state index contributed by atoms with van der Waals surface area (Å²) in [5, 5.41) is 12.6. The SMILES string of the molecule is Cc1nccnc1C(C)NC1CCc2cc(C#N)ccc21. The smallest absolute Gasteiger partial charge is 0.0991 e. The standard InChI is InChI=1S/C17H18N4/c1-11-17(20-8-7-19-11)12(2)21-16-6-4-14-9-13(10-18)3-5-15(14)16/h3,5,7-9,12,16,21H,4,6H2,1-2H3. The van der Waals surface area contributed by atoms with E-state index in [2.05, 4.69) is 34.3 Å². The molecule has 1 N–H and O–H groups in total. The van der Waals surface area contributed by atoms with Crippen molar-refractivity contribution in [1.82, 2.24) is 15.3 Å². The molecule has 3 rings (SSSR count). The highest BCUT2D eigenvalue weighted by molar-refractivity contribution is 5.42. The van der Waals surface area contributed by atoms with Crippen LogP contribution in [0.4, 0.5) is 0 Å². The van der Waals surface area contributed by atoms with Crippen molar-refractivity contribution in [2.75, 3.05) is 0 Å². The van der Waals surface area contributed by atoms with Crippen molar-refractivity contribution >= 4 is 0 Å². The minimum absolute atomic E-state index is 0.158. The number of aromatic nitrogens is 2. The van der Waals surface area contributed by atoms with Crippen LogP contribution in [0.1, 0.15) is 53.5 Å². The number of nitriles is 1. The van der Waals surface area contributed by atoms with E-state index >= 15 is 0 Å². The number of nitrogens with zero attached hydrogens (tertiary/aromatic N) is 3. The number of hydrogen-bond acceptors (Lipinski definition) is 4. The van der Waals surface area contributed by atoms with Crippen LogP contribution in [0, 0.1) is 18.3 Å². The first-order chi connectivity index (χ1) is 10.2. The summed E-state index contributed by atoms with van der Waals surface area (Å²) in [6.45, 7) is 4.11. The molecule has 1 aromatic heterocycles. The Kier molecular flexibility index (Phi) is 3.68. The predicted octanol–water partition coefficient (Wildman–Crippen LogP) is 2.99. The van der Waals surface area contributed by atoms with Gasteiger partial charge >= 0.3 is 0 Å². The Bertz CT molecular complexity index is 702. The van der Waals surface area contributed by atoms with E-state index < -0.39 is 0 Å². The fourth-order valence-corrected chi connectivity index (χ4v) is 3.08. The van der Waals surface area contributed by atoms with E-state index in [-0.39, 0.29) is 6.04 Å². The molecule has 1 aromatic carbocycles. The summed E-state index contributed by atoms with van der Waals surface area (Å²) in [5.41, 5.74) is 5.30. The van der Waals surface area contributed by atoms with Crippen molar-refractivity contribution in [2.45, 2.75) is 38.8 Å². The van der Waals surface area contributed by atoms with Gasteiger partial charge in [-0.2, -0.15) is 5.26 Å². The van der Waals surface area contributed by atoms with Crippen molar-refractivity contribution in [1.29, 1.82) is 5.26 Å². The summed E-state index contributed by atoms with van der Waals surface area (Å²) < 4.78 is 0. The van der Waals surface area contributed by atoms with Crippen LogP contribution in [-0.4, -0.2) is 9.97 Å². The second-order valence-electron chi connectivity index (χ2n) is 5.53. The molecular formula is C17H18N4. The molecule has 2 atom stereocenters. The van der Waals surface area contributed by atoms with Gasteiger partial charge < -0.3 is 5.32 Å². The fraction of sp³-hybridized carbons (Fsp3) is 0.353. The van der Waals surface area contributed by atoms with Crippen LogP contribution in [-0.2, 0) is 6.42 Å².